The molecule has 0 aromatic rings. The third kappa shape index (κ3) is 7.53. The van der Waals surface area contributed by atoms with Crippen LogP contribution < -0.4 is 11.1 Å². The van der Waals surface area contributed by atoms with Crippen LogP contribution in [0.5, 0.6) is 0 Å². The first-order valence-corrected chi connectivity index (χ1v) is 8.79. The molecule has 0 saturated carbocycles. The molecule has 2 atom stereocenters. The van der Waals surface area contributed by atoms with Crippen molar-refractivity contribution in [2.24, 2.45) is 11.7 Å². The molecule has 1 rings (SSSR count). The fourth-order valence-electron chi connectivity index (χ4n) is 2.98. The van der Waals surface area contributed by atoms with Crippen LogP contribution in [0.1, 0.15) is 65.7 Å². The molecule has 0 aromatic carbocycles. The maximum atomic E-state index is 12.7. The lowest BCUT2D eigenvalue weighted by atomic mass is 9.98. The number of unbranched alkanes of at least 4 members (excludes halogenated alkanes) is 1. The Hall–Kier alpha value is -0.810. The Balaban J connectivity index is 0.00000484. The summed E-state index contributed by atoms with van der Waals surface area (Å²) in [6.07, 6.45) is 6.25. The molecule has 6 heteroatoms. The molecule has 0 spiro atoms. The van der Waals surface area contributed by atoms with Crippen LogP contribution in [-0.2, 0) is 9.59 Å². The van der Waals surface area contributed by atoms with Crippen LogP contribution in [0.2, 0.25) is 0 Å². The normalized spacial score (nSPS) is 17.6. The summed E-state index contributed by atoms with van der Waals surface area (Å²) in [5.41, 5.74) is 5.77. The number of piperidine rings is 1. The number of nitrogens with zero attached hydrogens (tertiary/aromatic N) is 1. The van der Waals surface area contributed by atoms with Crippen LogP contribution in [0.15, 0.2) is 0 Å². The van der Waals surface area contributed by atoms with Crippen LogP contribution in [0.25, 0.3) is 0 Å². The average Bonchev–Trinajstić information content (AvgIpc) is 2.49. The Kier molecular flexibility index (Phi) is 11.3. The van der Waals surface area contributed by atoms with Gasteiger partial charge >= 0.3 is 0 Å². The molecule has 0 aliphatic carbocycles. The maximum absolute atomic E-state index is 12.7. The molecular weight excluding hydrogens is 314 g/mol. The first-order chi connectivity index (χ1) is 10.5. The minimum atomic E-state index is -0.344. The number of hydrogen-bond donors (Lipinski definition) is 2. The van der Waals surface area contributed by atoms with Crippen LogP contribution >= 0.6 is 12.4 Å². The summed E-state index contributed by atoms with van der Waals surface area (Å²) in [7, 11) is 0. The zero-order valence-electron chi connectivity index (χ0n) is 14.8. The zero-order valence-corrected chi connectivity index (χ0v) is 15.7. The molecule has 2 amide bonds. The minimum Gasteiger partial charge on any atom is -0.350 e. The Labute approximate surface area is 147 Å². The van der Waals surface area contributed by atoms with E-state index < -0.39 is 0 Å². The van der Waals surface area contributed by atoms with E-state index >= 15 is 0 Å². The van der Waals surface area contributed by atoms with Crippen molar-refractivity contribution in [3.8, 4) is 0 Å². The van der Waals surface area contributed by atoms with Crippen molar-refractivity contribution in [2.45, 2.75) is 77.8 Å². The van der Waals surface area contributed by atoms with Gasteiger partial charge in [0.2, 0.25) is 11.8 Å². The number of nitrogens with one attached hydrogen (secondary N) is 1. The molecule has 1 heterocycles. The number of amides is 2. The highest BCUT2D eigenvalue weighted by Crippen LogP contribution is 2.19. The average molecular weight is 348 g/mol. The van der Waals surface area contributed by atoms with Gasteiger partial charge in [-0.3, -0.25) is 9.59 Å². The lowest BCUT2D eigenvalue weighted by Gasteiger charge is -2.35. The van der Waals surface area contributed by atoms with E-state index in [0.29, 0.717) is 31.8 Å². The summed E-state index contributed by atoms with van der Waals surface area (Å²) in [5, 5.41) is 3.07. The summed E-state index contributed by atoms with van der Waals surface area (Å²) < 4.78 is 0. The van der Waals surface area contributed by atoms with Crippen molar-refractivity contribution in [3.05, 3.63) is 0 Å². The van der Waals surface area contributed by atoms with Crippen molar-refractivity contribution >= 4 is 24.2 Å². The summed E-state index contributed by atoms with van der Waals surface area (Å²) in [6, 6.07) is -0.328. The lowest BCUT2D eigenvalue weighted by Crippen LogP contribution is -2.54. The first-order valence-electron chi connectivity index (χ1n) is 8.79. The van der Waals surface area contributed by atoms with Gasteiger partial charge in [0.1, 0.15) is 6.04 Å². The molecule has 0 bridgehead atoms. The Morgan fingerprint density at radius 3 is 2.57 bits per heavy atom. The second kappa shape index (κ2) is 11.7. The number of likely N-dealkylation sites (tertiary alicyclic amines) is 1. The zero-order chi connectivity index (χ0) is 16.5. The van der Waals surface area contributed by atoms with Crippen molar-refractivity contribution in [2.75, 3.05) is 13.1 Å². The van der Waals surface area contributed by atoms with E-state index in [1.165, 1.54) is 0 Å². The highest BCUT2D eigenvalue weighted by molar-refractivity contribution is 5.88. The largest absolute Gasteiger partial charge is 0.350 e. The molecule has 0 aromatic heterocycles. The van der Waals surface area contributed by atoms with Gasteiger partial charge in [-0.2, -0.15) is 0 Å². The van der Waals surface area contributed by atoms with E-state index in [1.807, 2.05) is 0 Å². The molecule has 0 radical (unpaired) electrons. The van der Waals surface area contributed by atoms with Gasteiger partial charge in [-0.15, -0.1) is 12.4 Å². The van der Waals surface area contributed by atoms with E-state index in [0.717, 1.165) is 32.1 Å². The van der Waals surface area contributed by atoms with Gasteiger partial charge in [-0.05, 0) is 31.6 Å². The van der Waals surface area contributed by atoms with Crippen LogP contribution in [-0.4, -0.2) is 41.9 Å². The molecule has 5 nitrogen and oxygen atoms in total. The van der Waals surface area contributed by atoms with Crippen LogP contribution in [0.3, 0.4) is 0 Å². The second-order valence-electron chi connectivity index (χ2n) is 6.77. The van der Waals surface area contributed by atoms with Gasteiger partial charge in [-0.25, -0.2) is 0 Å². The number of carbonyl (C=O) groups is 2. The topological polar surface area (TPSA) is 75.4 Å². The van der Waals surface area contributed by atoms with E-state index in [2.05, 4.69) is 26.1 Å². The molecule has 1 fully saturated rings. The highest BCUT2D eigenvalue weighted by atomic mass is 35.5. The summed E-state index contributed by atoms with van der Waals surface area (Å²) in [4.78, 5) is 26.6. The van der Waals surface area contributed by atoms with Crippen molar-refractivity contribution in [1.29, 1.82) is 0 Å². The van der Waals surface area contributed by atoms with E-state index in [1.54, 1.807) is 4.90 Å². The van der Waals surface area contributed by atoms with Crippen molar-refractivity contribution < 1.29 is 9.59 Å². The van der Waals surface area contributed by atoms with E-state index in [-0.39, 0.29) is 36.3 Å². The molecule has 23 heavy (non-hydrogen) atoms. The van der Waals surface area contributed by atoms with Gasteiger partial charge in [0.15, 0.2) is 0 Å². The molecular formula is C17H34ClN3O2. The Morgan fingerprint density at radius 2 is 2.04 bits per heavy atom. The summed E-state index contributed by atoms with van der Waals surface area (Å²) >= 11 is 0. The molecule has 1 saturated heterocycles. The molecule has 3 N–H and O–H groups in total. The molecule has 1 aliphatic rings. The minimum absolute atomic E-state index is 0. The Morgan fingerprint density at radius 1 is 1.35 bits per heavy atom. The third-order valence-electron chi connectivity index (χ3n) is 4.27. The monoisotopic (exact) mass is 347 g/mol. The quantitative estimate of drug-likeness (QED) is 0.672. The van der Waals surface area contributed by atoms with Crippen LogP contribution in [0, 0.1) is 5.92 Å². The molecule has 136 valence electrons. The fourth-order valence-corrected chi connectivity index (χ4v) is 2.98. The predicted octanol–water partition coefficient (Wildman–Crippen LogP) is 2.47. The van der Waals surface area contributed by atoms with E-state index in [9.17, 15) is 9.59 Å². The van der Waals surface area contributed by atoms with Crippen molar-refractivity contribution in [3.63, 3.8) is 0 Å². The SMILES string of the molecule is CCCCC(CN)NC(=O)C(CC(C)C)N1CCCCC1=O.Cl. The molecule has 1 aliphatic heterocycles. The first kappa shape index (κ1) is 22.2. The summed E-state index contributed by atoms with van der Waals surface area (Å²) in [6.45, 7) is 7.46. The lowest BCUT2D eigenvalue weighted by molar-refractivity contribution is -0.143. The third-order valence-corrected chi connectivity index (χ3v) is 4.27. The number of carbonyl (C=O) groups excluding carboxylic acids is 2. The standard InChI is InChI=1S/C17H33N3O2.ClH/c1-4-5-8-14(12-18)19-17(22)15(11-13(2)3)20-10-7-6-9-16(20)21;/h13-15H,4-12,18H2,1-3H3,(H,19,22);1H. The Bertz CT molecular complexity index is 364. The smallest absolute Gasteiger partial charge is 0.243 e. The van der Waals surface area contributed by atoms with Gasteiger partial charge in [0.25, 0.3) is 0 Å². The number of halogens is 1. The number of rotatable bonds is 9. The number of hydrogen-bond acceptors (Lipinski definition) is 3. The maximum Gasteiger partial charge on any atom is 0.243 e. The predicted molar refractivity (Wildman–Crippen MR) is 96.6 cm³/mol. The van der Waals surface area contributed by atoms with Crippen LogP contribution in [0.4, 0.5) is 0 Å². The summed E-state index contributed by atoms with van der Waals surface area (Å²) in [5.74, 6) is 0.456. The second-order valence-corrected chi connectivity index (χ2v) is 6.77. The van der Waals surface area contributed by atoms with Gasteiger partial charge in [-0.1, -0.05) is 33.6 Å². The van der Waals surface area contributed by atoms with Gasteiger partial charge in [0, 0.05) is 25.6 Å². The van der Waals surface area contributed by atoms with Gasteiger partial charge in [0.05, 0.1) is 0 Å². The highest BCUT2D eigenvalue weighted by Gasteiger charge is 2.32. The molecule has 2 unspecified atom stereocenters. The fraction of sp³-hybridized carbons (Fsp3) is 0.882. The van der Waals surface area contributed by atoms with E-state index in [4.69, 9.17) is 5.73 Å². The van der Waals surface area contributed by atoms with Crippen molar-refractivity contribution in [1.82, 2.24) is 10.2 Å². The van der Waals surface area contributed by atoms with Gasteiger partial charge < -0.3 is 16.0 Å². The number of nitrogens with two attached hydrogens (primary N) is 1.